The molecule has 0 bridgehead atoms. The molecule has 11 aromatic rings. The molecule has 1 aliphatic carbocycles. The highest BCUT2D eigenvalue weighted by atomic mass is 15.2. The van der Waals surface area contributed by atoms with Crippen molar-refractivity contribution in [3.8, 4) is 45.3 Å². The third-order valence-electron chi connectivity index (χ3n) is 12.3. The third-order valence-corrected chi connectivity index (χ3v) is 12.3. The highest BCUT2D eigenvalue weighted by Crippen LogP contribution is 2.52. The summed E-state index contributed by atoms with van der Waals surface area (Å²) in [5, 5.41) is 7.29. The number of para-hydroxylation sites is 3. The largest absolute Gasteiger partial charge is 0.309 e. The molecular weight excluding hydrogens is 693 g/mol. The Kier molecular flexibility index (Phi) is 6.65. The Morgan fingerprint density at radius 2 is 0.912 bits per heavy atom. The third kappa shape index (κ3) is 4.62. The number of hydrogen-bond donors (Lipinski definition) is 0. The van der Waals surface area contributed by atoms with Crippen LogP contribution in [0.1, 0.15) is 25.0 Å². The van der Waals surface area contributed by atoms with E-state index in [1.807, 2.05) is 0 Å². The molecule has 3 aromatic heterocycles. The molecule has 0 N–H and O–H groups in total. The van der Waals surface area contributed by atoms with Gasteiger partial charge in [0.1, 0.15) is 0 Å². The van der Waals surface area contributed by atoms with E-state index in [9.17, 15) is 0 Å². The van der Waals surface area contributed by atoms with E-state index in [-0.39, 0.29) is 5.41 Å². The Morgan fingerprint density at radius 3 is 1.58 bits per heavy atom. The van der Waals surface area contributed by atoms with Crippen molar-refractivity contribution in [2.24, 2.45) is 0 Å². The Morgan fingerprint density at radius 1 is 0.404 bits per heavy atom. The second-order valence-electron chi connectivity index (χ2n) is 15.8. The average molecular weight is 729 g/mol. The topological polar surface area (TPSA) is 35.6 Å². The molecule has 3 heterocycles. The van der Waals surface area contributed by atoms with Gasteiger partial charge in [-0.05, 0) is 88.1 Å². The quantitative estimate of drug-likeness (QED) is 0.181. The number of nitrogens with zero attached hydrogens (tertiary/aromatic N) is 4. The van der Waals surface area contributed by atoms with Crippen molar-refractivity contribution in [3.05, 3.63) is 193 Å². The molecule has 0 aliphatic heterocycles. The zero-order valence-electron chi connectivity index (χ0n) is 31.6. The monoisotopic (exact) mass is 728 g/mol. The molecule has 0 amide bonds. The number of hydrogen-bond acceptors (Lipinski definition) is 2. The van der Waals surface area contributed by atoms with Gasteiger partial charge < -0.3 is 4.57 Å². The lowest BCUT2D eigenvalue weighted by molar-refractivity contribution is 0.657. The van der Waals surface area contributed by atoms with Crippen molar-refractivity contribution >= 4 is 54.4 Å². The Balaban J connectivity index is 1.08. The molecular formula is C53H36N4. The van der Waals surface area contributed by atoms with Gasteiger partial charge in [-0.3, -0.25) is 4.57 Å². The first-order valence-electron chi connectivity index (χ1n) is 19.7. The van der Waals surface area contributed by atoms with Crippen LogP contribution in [0, 0.1) is 0 Å². The van der Waals surface area contributed by atoms with Gasteiger partial charge in [0.05, 0.1) is 33.5 Å². The van der Waals surface area contributed by atoms with E-state index in [0.29, 0.717) is 5.95 Å². The second-order valence-corrected chi connectivity index (χ2v) is 15.8. The minimum absolute atomic E-state index is 0.289. The molecule has 57 heavy (non-hydrogen) atoms. The van der Waals surface area contributed by atoms with Crippen molar-refractivity contribution in [1.82, 2.24) is 19.1 Å². The van der Waals surface area contributed by atoms with E-state index in [1.54, 1.807) is 0 Å². The molecule has 8 aromatic carbocycles. The molecule has 0 radical (unpaired) electrons. The van der Waals surface area contributed by atoms with Crippen molar-refractivity contribution in [3.63, 3.8) is 0 Å². The van der Waals surface area contributed by atoms with Crippen LogP contribution in [0.25, 0.3) is 99.7 Å². The molecule has 4 heteroatoms. The summed E-state index contributed by atoms with van der Waals surface area (Å²) in [7, 11) is 0. The van der Waals surface area contributed by atoms with Crippen LogP contribution in [-0.4, -0.2) is 19.1 Å². The number of fused-ring (bicyclic) bond motifs is 10. The van der Waals surface area contributed by atoms with Crippen LogP contribution >= 0.6 is 0 Å². The fourth-order valence-corrected chi connectivity index (χ4v) is 9.60. The van der Waals surface area contributed by atoms with Crippen LogP contribution in [0.5, 0.6) is 0 Å². The minimum atomic E-state index is -0.289. The maximum Gasteiger partial charge on any atom is 0.235 e. The maximum absolute atomic E-state index is 5.55. The van der Waals surface area contributed by atoms with Crippen LogP contribution < -0.4 is 0 Å². The zero-order valence-corrected chi connectivity index (χ0v) is 31.6. The smallest absolute Gasteiger partial charge is 0.235 e. The predicted octanol–water partition coefficient (Wildman–Crippen LogP) is 13.5. The Bertz CT molecular complexity index is 3420. The van der Waals surface area contributed by atoms with Gasteiger partial charge in [-0.25, -0.2) is 9.97 Å². The van der Waals surface area contributed by atoms with Crippen LogP contribution in [0.3, 0.4) is 0 Å². The lowest BCUT2D eigenvalue weighted by Gasteiger charge is -2.24. The maximum atomic E-state index is 5.55. The van der Waals surface area contributed by atoms with Crippen molar-refractivity contribution < 1.29 is 0 Å². The molecule has 0 fully saturated rings. The Hall–Kier alpha value is -7.30. The van der Waals surface area contributed by atoms with Crippen molar-refractivity contribution in [2.75, 3.05) is 0 Å². The van der Waals surface area contributed by atoms with Crippen LogP contribution in [0.15, 0.2) is 182 Å². The summed E-state index contributed by atoms with van der Waals surface area (Å²) in [6, 6.07) is 65.7. The summed E-state index contributed by atoms with van der Waals surface area (Å²) in [5.41, 5.74) is 14.5. The van der Waals surface area contributed by atoms with Crippen LogP contribution in [0.2, 0.25) is 0 Å². The van der Waals surface area contributed by atoms with Gasteiger partial charge in [-0.15, -0.1) is 0 Å². The van der Waals surface area contributed by atoms with Crippen molar-refractivity contribution in [1.29, 1.82) is 0 Å². The Labute approximate surface area is 329 Å². The highest BCUT2D eigenvalue weighted by Gasteiger charge is 2.40. The molecule has 0 atom stereocenters. The van der Waals surface area contributed by atoms with Gasteiger partial charge in [-0.1, -0.05) is 135 Å². The predicted molar refractivity (Wildman–Crippen MR) is 237 cm³/mol. The molecule has 12 rings (SSSR count). The minimum Gasteiger partial charge on any atom is -0.309 e. The molecule has 0 saturated carbocycles. The molecule has 268 valence electrons. The average Bonchev–Trinajstić information content (AvgIpc) is 3.85. The molecule has 0 spiro atoms. The summed E-state index contributed by atoms with van der Waals surface area (Å²) < 4.78 is 4.64. The van der Waals surface area contributed by atoms with Gasteiger partial charge in [0.25, 0.3) is 0 Å². The summed E-state index contributed by atoms with van der Waals surface area (Å²) in [4.78, 5) is 11.1. The lowest BCUT2D eigenvalue weighted by Crippen LogP contribution is -2.18. The standard InChI is InChI=1S/C53H36N4/c1-53(2)44-32-35-18-10-9-17-34(35)31-43(44)51-49(53)50(33-15-5-3-6-16-33)54-52(55-51)57-46-24-14-12-22-40(46)42-30-37(26-28-48(42)57)36-25-27-47-41(29-36)39-21-11-13-23-45(39)56(47)38-19-7-4-8-20-38/h3-32H,1-2H3. The molecule has 4 nitrogen and oxygen atoms in total. The molecule has 0 saturated heterocycles. The fraction of sp³-hybridized carbons (Fsp3) is 0.0566. The highest BCUT2D eigenvalue weighted by molar-refractivity contribution is 6.12. The van der Waals surface area contributed by atoms with Gasteiger partial charge in [0.2, 0.25) is 5.95 Å². The van der Waals surface area contributed by atoms with E-state index in [1.165, 1.54) is 71.2 Å². The number of benzene rings is 8. The van der Waals surface area contributed by atoms with E-state index < -0.39 is 0 Å². The van der Waals surface area contributed by atoms with E-state index >= 15 is 0 Å². The van der Waals surface area contributed by atoms with Crippen LogP contribution in [-0.2, 0) is 5.41 Å². The normalized spacial score (nSPS) is 13.2. The van der Waals surface area contributed by atoms with Crippen molar-refractivity contribution in [2.45, 2.75) is 19.3 Å². The van der Waals surface area contributed by atoms with E-state index in [0.717, 1.165) is 33.7 Å². The van der Waals surface area contributed by atoms with E-state index in [2.05, 4.69) is 205 Å². The summed E-state index contributed by atoms with van der Waals surface area (Å²) in [5.74, 6) is 0.679. The SMILES string of the molecule is CC1(C)c2cc3ccccc3cc2-c2nc(-n3c4ccccc4c4cc(-c5ccc6c(c5)c5ccccc5n6-c5ccccc5)ccc43)nc(-c3ccccc3)c21. The second kappa shape index (κ2) is 11.8. The van der Waals surface area contributed by atoms with Gasteiger partial charge in [0, 0.05) is 49.3 Å². The molecule has 0 unspecified atom stereocenters. The van der Waals surface area contributed by atoms with E-state index in [4.69, 9.17) is 9.97 Å². The van der Waals surface area contributed by atoms with Crippen LogP contribution in [0.4, 0.5) is 0 Å². The first-order valence-corrected chi connectivity index (χ1v) is 19.7. The molecule has 1 aliphatic rings. The summed E-state index contributed by atoms with van der Waals surface area (Å²) in [6.07, 6.45) is 0. The number of rotatable bonds is 4. The van der Waals surface area contributed by atoms with Gasteiger partial charge >= 0.3 is 0 Å². The number of aromatic nitrogens is 4. The lowest BCUT2D eigenvalue weighted by atomic mass is 9.80. The van der Waals surface area contributed by atoms with Gasteiger partial charge in [-0.2, -0.15) is 0 Å². The fourth-order valence-electron chi connectivity index (χ4n) is 9.60. The first-order chi connectivity index (χ1) is 28.0. The first kappa shape index (κ1) is 32.0. The summed E-state index contributed by atoms with van der Waals surface area (Å²) in [6.45, 7) is 4.64. The zero-order chi connectivity index (χ0) is 37.8. The summed E-state index contributed by atoms with van der Waals surface area (Å²) >= 11 is 0. The van der Waals surface area contributed by atoms with Gasteiger partial charge in [0.15, 0.2) is 0 Å².